The second-order valence-corrected chi connectivity index (χ2v) is 5.99. The first-order chi connectivity index (χ1) is 8.74. The minimum Gasteiger partial charge on any atom is -0.338 e. The molecule has 0 saturated carbocycles. The van der Waals surface area contributed by atoms with E-state index in [0.717, 1.165) is 25.9 Å². The highest BCUT2D eigenvalue weighted by Gasteiger charge is 2.49. The van der Waals surface area contributed by atoms with Crippen molar-refractivity contribution in [3.8, 4) is 0 Å². The van der Waals surface area contributed by atoms with Crippen LogP contribution in [0.2, 0.25) is 0 Å². The van der Waals surface area contributed by atoms with Gasteiger partial charge in [0.25, 0.3) is 0 Å². The third-order valence-corrected chi connectivity index (χ3v) is 4.82. The molecule has 1 aromatic rings. The number of halogens is 1. The van der Waals surface area contributed by atoms with E-state index in [4.69, 9.17) is 0 Å². The molecular formula is C13H16IN3O. The van der Waals surface area contributed by atoms with Crippen molar-refractivity contribution in [3.05, 3.63) is 27.8 Å². The number of carbonyl (C=O) groups excluding carboxylic acids is 1. The fourth-order valence-corrected chi connectivity index (χ4v) is 3.59. The Hall–Kier alpha value is -0.820. The molecule has 2 aliphatic rings. The number of benzene rings is 1. The molecular weight excluding hydrogens is 341 g/mol. The molecule has 3 rings (SSSR count). The average Bonchev–Trinajstić information content (AvgIpc) is 2.69. The average molecular weight is 357 g/mol. The molecule has 2 N–H and O–H groups in total. The van der Waals surface area contributed by atoms with Crippen LogP contribution in [0.4, 0.5) is 5.69 Å². The lowest BCUT2D eigenvalue weighted by Gasteiger charge is -2.40. The first-order valence-corrected chi connectivity index (χ1v) is 7.33. The maximum atomic E-state index is 12.3. The molecule has 2 heterocycles. The van der Waals surface area contributed by atoms with Gasteiger partial charge in [-0.05, 0) is 60.7 Å². The van der Waals surface area contributed by atoms with Crippen LogP contribution in [0.25, 0.3) is 0 Å². The van der Waals surface area contributed by atoms with Crippen molar-refractivity contribution in [2.24, 2.45) is 0 Å². The van der Waals surface area contributed by atoms with Crippen LogP contribution >= 0.6 is 22.6 Å². The highest BCUT2D eigenvalue weighted by Crippen LogP contribution is 2.36. The maximum absolute atomic E-state index is 12.3. The summed E-state index contributed by atoms with van der Waals surface area (Å²) in [4.78, 5) is 14.5. The summed E-state index contributed by atoms with van der Waals surface area (Å²) in [5.74, 6) is 0.184. The number of hydrogen-bond donors (Lipinski definition) is 2. The number of nitrogens with zero attached hydrogens (tertiary/aromatic N) is 1. The summed E-state index contributed by atoms with van der Waals surface area (Å²) in [7, 11) is 0. The van der Waals surface area contributed by atoms with E-state index in [0.29, 0.717) is 6.67 Å². The van der Waals surface area contributed by atoms with E-state index in [1.54, 1.807) is 0 Å². The van der Waals surface area contributed by atoms with Gasteiger partial charge in [0.1, 0.15) is 5.54 Å². The quantitative estimate of drug-likeness (QED) is 0.745. The van der Waals surface area contributed by atoms with Gasteiger partial charge in [-0.2, -0.15) is 0 Å². The molecule has 5 heteroatoms. The summed E-state index contributed by atoms with van der Waals surface area (Å²) in [6, 6.07) is 8.26. The Morgan fingerprint density at radius 3 is 2.67 bits per heavy atom. The monoisotopic (exact) mass is 357 g/mol. The first kappa shape index (κ1) is 12.2. The first-order valence-electron chi connectivity index (χ1n) is 6.25. The van der Waals surface area contributed by atoms with E-state index >= 15 is 0 Å². The predicted molar refractivity (Wildman–Crippen MR) is 79.5 cm³/mol. The van der Waals surface area contributed by atoms with Crippen LogP contribution in [0, 0.1) is 3.57 Å². The van der Waals surface area contributed by atoms with E-state index in [2.05, 4.69) is 50.3 Å². The van der Waals surface area contributed by atoms with E-state index in [1.165, 1.54) is 9.26 Å². The summed E-state index contributed by atoms with van der Waals surface area (Å²) in [5, 5.41) is 6.35. The van der Waals surface area contributed by atoms with Gasteiger partial charge in [0.2, 0.25) is 5.91 Å². The molecule has 0 aromatic heterocycles. The van der Waals surface area contributed by atoms with Crippen molar-refractivity contribution >= 4 is 34.2 Å². The fourth-order valence-electron chi connectivity index (χ4n) is 2.91. The van der Waals surface area contributed by atoms with Crippen LogP contribution in [-0.2, 0) is 4.79 Å². The third-order valence-electron chi connectivity index (χ3n) is 3.91. The van der Waals surface area contributed by atoms with Crippen LogP contribution in [0.3, 0.4) is 0 Å². The van der Waals surface area contributed by atoms with Gasteiger partial charge in [0.15, 0.2) is 0 Å². The van der Waals surface area contributed by atoms with Crippen molar-refractivity contribution in [1.29, 1.82) is 0 Å². The third kappa shape index (κ3) is 1.80. The van der Waals surface area contributed by atoms with Gasteiger partial charge in [-0.1, -0.05) is 12.1 Å². The summed E-state index contributed by atoms with van der Waals surface area (Å²) in [5.41, 5.74) is 0.824. The van der Waals surface area contributed by atoms with Crippen LogP contribution in [0.15, 0.2) is 24.3 Å². The standard InChI is InChI=1S/C13H16IN3O/c14-10-3-1-2-4-11(10)17-9-16-12(18)13(17)5-7-15-8-6-13/h1-4,15H,5-9H2,(H,16,18). The van der Waals surface area contributed by atoms with E-state index in [-0.39, 0.29) is 11.4 Å². The van der Waals surface area contributed by atoms with Gasteiger partial charge >= 0.3 is 0 Å². The topological polar surface area (TPSA) is 44.4 Å². The van der Waals surface area contributed by atoms with E-state index < -0.39 is 0 Å². The molecule has 2 fully saturated rings. The molecule has 0 unspecified atom stereocenters. The van der Waals surface area contributed by atoms with Crippen LogP contribution in [-0.4, -0.2) is 31.2 Å². The lowest BCUT2D eigenvalue weighted by Crippen LogP contribution is -2.55. The highest BCUT2D eigenvalue weighted by atomic mass is 127. The Labute approximate surface area is 120 Å². The number of para-hydroxylation sites is 1. The van der Waals surface area contributed by atoms with Gasteiger partial charge in [-0.15, -0.1) is 0 Å². The predicted octanol–water partition coefficient (Wildman–Crippen LogP) is 1.31. The SMILES string of the molecule is O=C1NCN(c2ccccc2I)C12CCNCC2. The minimum absolute atomic E-state index is 0.184. The van der Waals surface area contributed by atoms with E-state index in [9.17, 15) is 4.79 Å². The number of carbonyl (C=O) groups is 1. The Kier molecular flexibility index (Phi) is 3.19. The van der Waals surface area contributed by atoms with Crippen molar-refractivity contribution in [2.45, 2.75) is 18.4 Å². The number of piperidine rings is 1. The molecule has 0 atom stereocenters. The van der Waals surface area contributed by atoms with Crippen LogP contribution in [0.1, 0.15) is 12.8 Å². The number of rotatable bonds is 1. The number of hydrogen-bond acceptors (Lipinski definition) is 3. The van der Waals surface area contributed by atoms with Crippen LogP contribution in [0.5, 0.6) is 0 Å². The Morgan fingerprint density at radius 2 is 1.94 bits per heavy atom. The van der Waals surface area contributed by atoms with Gasteiger partial charge < -0.3 is 15.5 Å². The zero-order valence-electron chi connectivity index (χ0n) is 10.1. The second kappa shape index (κ2) is 4.70. The second-order valence-electron chi connectivity index (χ2n) is 4.83. The number of nitrogens with one attached hydrogen (secondary N) is 2. The Morgan fingerprint density at radius 1 is 1.22 bits per heavy atom. The van der Waals surface area contributed by atoms with E-state index in [1.807, 2.05) is 12.1 Å². The van der Waals surface area contributed by atoms with Crippen molar-refractivity contribution in [2.75, 3.05) is 24.7 Å². The molecule has 96 valence electrons. The summed E-state index contributed by atoms with van der Waals surface area (Å²) < 4.78 is 1.20. The molecule has 2 saturated heterocycles. The lowest BCUT2D eigenvalue weighted by atomic mass is 9.86. The molecule has 1 amide bonds. The number of anilines is 1. The van der Waals surface area contributed by atoms with Crippen molar-refractivity contribution in [1.82, 2.24) is 10.6 Å². The Bertz CT molecular complexity index is 471. The summed E-state index contributed by atoms with van der Waals surface area (Å²) in [6.07, 6.45) is 1.76. The summed E-state index contributed by atoms with van der Waals surface area (Å²) in [6.45, 7) is 2.44. The van der Waals surface area contributed by atoms with Crippen molar-refractivity contribution < 1.29 is 4.79 Å². The molecule has 0 bridgehead atoms. The van der Waals surface area contributed by atoms with Crippen molar-refractivity contribution in [3.63, 3.8) is 0 Å². The maximum Gasteiger partial charge on any atom is 0.247 e. The van der Waals surface area contributed by atoms with Gasteiger partial charge in [0.05, 0.1) is 12.4 Å². The molecule has 1 aromatic carbocycles. The molecule has 4 nitrogen and oxygen atoms in total. The number of amides is 1. The molecule has 0 aliphatic carbocycles. The smallest absolute Gasteiger partial charge is 0.247 e. The van der Waals surface area contributed by atoms with Gasteiger partial charge in [-0.3, -0.25) is 4.79 Å². The zero-order valence-corrected chi connectivity index (χ0v) is 12.2. The molecule has 0 radical (unpaired) electrons. The zero-order chi connectivity index (χ0) is 12.6. The Balaban J connectivity index is 2.01. The minimum atomic E-state index is -0.341. The van der Waals surface area contributed by atoms with Gasteiger partial charge in [0, 0.05) is 3.57 Å². The normalized spacial score (nSPS) is 22.3. The largest absolute Gasteiger partial charge is 0.338 e. The van der Waals surface area contributed by atoms with Gasteiger partial charge in [-0.25, -0.2) is 0 Å². The molecule has 18 heavy (non-hydrogen) atoms. The molecule has 2 aliphatic heterocycles. The fraction of sp³-hybridized carbons (Fsp3) is 0.462. The van der Waals surface area contributed by atoms with Crippen LogP contribution < -0.4 is 15.5 Å². The molecule has 1 spiro atoms. The highest BCUT2D eigenvalue weighted by molar-refractivity contribution is 14.1. The lowest BCUT2D eigenvalue weighted by molar-refractivity contribution is -0.124. The summed E-state index contributed by atoms with van der Waals surface area (Å²) >= 11 is 2.34.